The van der Waals surface area contributed by atoms with Crippen LogP contribution in [-0.4, -0.2) is 45.2 Å². The molecule has 0 bridgehead atoms. The smallest absolute Gasteiger partial charge is 0.168 e. The standard InChI is InChI=1S/C17H24N4S2/c1-2-6-13-12(5-1)18-16(19-13)22-9-11-10-23-17-20-14-7-3-4-8-15(14)21(11)17/h10,12-15H,1-9H2,(H,18,19)/t12-,13-,14-,15?/m0/s1. The van der Waals surface area contributed by atoms with Crippen LogP contribution in [-0.2, 0) is 0 Å². The van der Waals surface area contributed by atoms with Gasteiger partial charge in [-0.05, 0) is 31.1 Å². The Bertz CT molecular complexity index is 585. The van der Waals surface area contributed by atoms with Gasteiger partial charge in [-0.2, -0.15) is 0 Å². The second-order valence-electron chi connectivity index (χ2n) is 7.25. The van der Waals surface area contributed by atoms with E-state index in [1.165, 1.54) is 67.4 Å². The third-order valence-corrected chi connectivity index (χ3v) is 7.64. The molecule has 0 saturated heterocycles. The Labute approximate surface area is 146 Å². The van der Waals surface area contributed by atoms with E-state index in [9.17, 15) is 0 Å². The number of thioether (sulfide) groups is 2. The van der Waals surface area contributed by atoms with Gasteiger partial charge in [0, 0.05) is 11.4 Å². The van der Waals surface area contributed by atoms with Crippen LogP contribution in [0.2, 0.25) is 0 Å². The molecule has 5 aliphatic rings. The number of rotatable bonds is 2. The minimum atomic E-state index is 0.546. The molecule has 0 aromatic heterocycles. The van der Waals surface area contributed by atoms with Crippen LogP contribution < -0.4 is 5.32 Å². The van der Waals surface area contributed by atoms with Crippen LogP contribution in [0.25, 0.3) is 0 Å². The second-order valence-corrected chi connectivity index (χ2v) is 9.05. The van der Waals surface area contributed by atoms with E-state index in [-0.39, 0.29) is 0 Å². The summed E-state index contributed by atoms with van der Waals surface area (Å²) in [5, 5.41) is 8.42. The summed E-state index contributed by atoms with van der Waals surface area (Å²) in [5.41, 5.74) is 1.45. The van der Waals surface area contributed by atoms with Crippen LogP contribution in [0.1, 0.15) is 51.4 Å². The van der Waals surface area contributed by atoms with Gasteiger partial charge in [-0.15, -0.1) is 0 Å². The van der Waals surface area contributed by atoms with E-state index in [1.807, 2.05) is 23.5 Å². The zero-order chi connectivity index (χ0) is 15.2. The molecule has 1 N–H and O–H groups in total. The van der Waals surface area contributed by atoms with E-state index in [0.29, 0.717) is 24.2 Å². The molecule has 124 valence electrons. The van der Waals surface area contributed by atoms with Crippen molar-refractivity contribution in [2.24, 2.45) is 9.98 Å². The van der Waals surface area contributed by atoms with E-state index in [1.54, 1.807) is 0 Å². The van der Waals surface area contributed by atoms with Gasteiger partial charge in [0.2, 0.25) is 0 Å². The van der Waals surface area contributed by atoms with E-state index < -0.39 is 0 Å². The Morgan fingerprint density at radius 1 is 1.09 bits per heavy atom. The van der Waals surface area contributed by atoms with Gasteiger partial charge in [-0.1, -0.05) is 49.2 Å². The molecule has 4 nitrogen and oxygen atoms in total. The molecular weight excluding hydrogens is 324 g/mol. The van der Waals surface area contributed by atoms with Crippen molar-refractivity contribution in [3.05, 3.63) is 11.1 Å². The van der Waals surface area contributed by atoms with Crippen LogP contribution in [0.15, 0.2) is 21.1 Å². The second kappa shape index (κ2) is 6.03. The van der Waals surface area contributed by atoms with Crippen molar-refractivity contribution in [2.75, 3.05) is 5.75 Å². The number of nitrogens with one attached hydrogen (secondary N) is 1. The summed E-state index contributed by atoms with van der Waals surface area (Å²) < 4.78 is 0. The number of hydrogen-bond donors (Lipinski definition) is 1. The molecule has 1 unspecified atom stereocenters. The summed E-state index contributed by atoms with van der Waals surface area (Å²) in [5.74, 6) is 1.03. The average Bonchev–Trinajstić information content (AvgIpc) is 3.25. The fourth-order valence-electron chi connectivity index (χ4n) is 4.60. The molecule has 5 rings (SSSR count). The predicted octanol–water partition coefficient (Wildman–Crippen LogP) is 3.56. The van der Waals surface area contributed by atoms with Crippen LogP contribution >= 0.6 is 23.5 Å². The summed E-state index contributed by atoms with van der Waals surface area (Å²) in [6, 6.07) is 2.36. The molecule has 0 spiro atoms. The van der Waals surface area contributed by atoms with Gasteiger partial charge in [0.05, 0.1) is 24.2 Å². The molecule has 0 amide bonds. The minimum absolute atomic E-state index is 0.546. The lowest BCUT2D eigenvalue weighted by molar-refractivity contribution is 0.285. The highest BCUT2D eigenvalue weighted by molar-refractivity contribution is 8.17. The van der Waals surface area contributed by atoms with Gasteiger partial charge in [-0.25, -0.2) is 0 Å². The third kappa shape index (κ3) is 2.62. The first kappa shape index (κ1) is 14.7. The molecule has 2 fully saturated rings. The van der Waals surface area contributed by atoms with Crippen LogP contribution in [0.4, 0.5) is 0 Å². The fourth-order valence-corrected chi connectivity index (χ4v) is 6.65. The molecule has 0 aromatic carbocycles. The summed E-state index contributed by atoms with van der Waals surface area (Å²) in [4.78, 5) is 12.4. The topological polar surface area (TPSA) is 40.0 Å². The van der Waals surface area contributed by atoms with Gasteiger partial charge < -0.3 is 10.2 Å². The van der Waals surface area contributed by atoms with Crippen molar-refractivity contribution >= 4 is 33.9 Å². The Hall–Kier alpha value is -0.620. The van der Waals surface area contributed by atoms with Crippen molar-refractivity contribution in [3.8, 4) is 0 Å². The summed E-state index contributed by atoms with van der Waals surface area (Å²) >= 11 is 3.73. The molecule has 0 radical (unpaired) electrons. The highest BCUT2D eigenvalue weighted by Gasteiger charge is 2.41. The first-order valence-corrected chi connectivity index (χ1v) is 10.9. The largest absolute Gasteiger partial charge is 0.360 e. The Morgan fingerprint density at radius 2 is 1.91 bits per heavy atom. The van der Waals surface area contributed by atoms with Crippen LogP contribution in [0.3, 0.4) is 0 Å². The zero-order valence-electron chi connectivity index (χ0n) is 13.4. The molecular formula is C17H24N4S2. The first-order chi connectivity index (χ1) is 11.4. The summed E-state index contributed by atoms with van der Waals surface area (Å²) in [6.45, 7) is 0. The quantitative estimate of drug-likeness (QED) is 0.828. The maximum Gasteiger partial charge on any atom is 0.168 e. The molecule has 3 aliphatic heterocycles. The van der Waals surface area contributed by atoms with Gasteiger partial charge in [-0.3, -0.25) is 9.98 Å². The highest BCUT2D eigenvalue weighted by Crippen LogP contribution is 2.41. The van der Waals surface area contributed by atoms with Crippen molar-refractivity contribution < 1.29 is 0 Å². The maximum absolute atomic E-state index is 4.96. The Morgan fingerprint density at radius 3 is 2.83 bits per heavy atom. The van der Waals surface area contributed by atoms with Gasteiger partial charge in [0.25, 0.3) is 0 Å². The maximum atomic E-state index is 4.96. The number of nitrogens with zero attached hydrogens (tertiary/aromatic N) is 3. The molecule has 23 heavy (non-hydrogen) atoms. The van der Waals surface area contributed by atoms with Crippen molar-refractivity contribution in [1.29, 1.82) is 0 Å². The first-order valence-electron chi connectivity index (χ1n) is 9.08. The molecule has 3 heterocycles. The van der Waals surface area contributed by atoms with E-state index in [4.69, 9.17) is 9.98 Å². The van der Waals surface area contributed by atoms with Gasteiger partial charge in [0.15, 0.2) is 10.3 Å². The highest BCUT2D eigenvalue weighted by atomic mass is 32.2. The molecule has 6 heteroatoms. The van der Waals surface area contributed by atoms with Gasteiger partial charge >= 0.3 is 0 Å². The Kier molecular flexibility index (Phi) is 3.85. The number of amidine groups is 2. The molecule has 0 aromatic rings. The third-order valence-electron chi connectivity index (χ3n) is 5.80. The Balaban J connectivity index is 1.23. The summed E-state index contributed by atoms with van der Waals surface area (Å²) in [6.07, 6.45) is 10.6. The van der Waals surface area contributed by atoms with Crippen LogP contribution in [0, 0.1) is 0 Å². The van der Waals surface area contributed by atoms with Crippen molar-refractivity contribution in [2.45, 2.75) is 75.5 Å². The number of aliphatic imine (C=N–C) groups is 2. The number of hydrogen-bond acceptors (Lipinski definition) is 6. The van der Waals surface area contributed by atoms with E-state index in [2.05, 4.69) is 15.6 Å². The SMILES string of the molecule is C1=C(CSC2=N[C@H]3CCCC[C@@H]3N2)N2C(=N[C@H]3CCCCC32)S1. The van der Waals surface area contributed by atoms with Gasteiger partial charge in [0.1, 0.15) is 0 Å². The number of fused-ring (bicyclic) bond motifs is 4. The lowest BCUT2D eigenvalue weighted by atomic mass is 9.91. The monoisotopic (exact) mass is 348 g/mol. The lowest BCUT2D eigenvalue weighted by Crippen LogP contribution is -2.39. The zero-order valence-corrected chi connectivity index (χ0v) is 15.0. The van der Waals surface area contributed by atoms with Crippen LogP contribution in [0.5, 0.6) is 0 Å². The fraction of sp³-hybridized carbons (Fsp3) is 0.765. The lowest BCUT2D eigenvalue weighted by Gasteiger charge is -2.31. The minimum Gasteiger partial charge on any atom is -0.360 e. The molecule has 2 saturated carbocycles. The average molecular weight is 349 g/mol. The van der Waals surface area contributed by atoms with Crippen molar-refractivity contribution in [3.63, 3.8) is 0 Å². The molecule has 4 atom stereocenters. The normalized spacial score (nSPS) is 38.3. The summed E-state index contributed by atoms with van der Waals surface area (Å²) in [7, 11) is 0. The van der Waals surface area contributed by atoms with Crippen molar-refractivity contribution in [1.82, 2.24) is 10.2 Å². The van der Waals surface area contributed by atoms with E-state index in [0.717, 1.165) is 5.75 Å². The van der Waals surface area contributed by atoms with E-state index >= 15 is 0 Å². The molecule has 2 aliphatic carbocycles. The predicted molar refractivity (Wildman–Crippen MR) is 100 cm³/mol.